The molecule has 19 heavy (non-hydrogen) atoms. The number of ketones is 1. The first kappa shape index (κ1) is 13.8. The molecule has 0 bridgehead atoms. The summed E-state index contributed by atoms with van der Waals surface area (Å²) < 4.78 is 2.20. The van der Waals surface area contributed by atoms with Crippen LogP contribution in [-0.4, -0.2) is 34.9 Å². The van der Waals surface area contributed by atoms with Gasteiger partial charge < -0.3 is 9.47 Å². The van der Waals surface area contributed by atoms with Crippen LogP contribution in [0, 0.1) is 0 Å². The van der Waals surface area contributed by atoms with E-state index in [0.717, 1.165) is 42.6 Å². The molecule has 0 saturated heterocycles. The summed E-state index contributed by atoms with van der Waals surface area (Å²) in [5, 5.41) is 1.06. The van der Waals surface area contributed by atoms with Crippen LogP contribution in [0.15, 0.2) is 30.5 Å². The molecule has 1 aromatic heterocycles. The fourth-order valence-electron chi connectivity index (χ4n) is 2.50. The Labute approximate surface area is 114 Å². The van der Waals surface area contributed by atoms with Crippen LogP contribution in [0.2, 0.25) is 0 Å². The van der Waals surface area contributed by atoms with Crippen LogP contribution >= 0.6 is 0 Å². The van der Waals surface area contributed by atoms with Gasteiger partial charge in [-0.2, -0.15) is 0 Å². The van der Waals surface area contributed by atoms with Gasteiger partial charge in [-0.25, -0.2) is 0 Å². The summed E-state index contributed by atoms with van der Waals surface area (Å²) in [4.78, 5) is 14.1. The molecule has 102 valence electrons. The first-order valence-corrected chi connectivity index (χ1v) is 6.98. The van der Waals surface area contributed by atoms with Crippen molar-refractivity contribution in [1.82, 2.24) is 9.47 Å². The highest BCUT2D eigenvalue weighted by Gasteiger charge is 2.11. The number of aromatic nitrogens is 1. The molecular formula is C16H22N2O. The van der Waals surface area contributed by atoms with Crippen LogP contribution in [-0.2, 0) is 6.54 Å². The zero-order valence-electron chi connectivity index (χ0n) is 12.0. The highest BCUT2D eigenvalue weighted by Crippen LogP contribution is 2.21. The van der Waals surface area contributed by atoms with Crippen LogP contribution in [0.4, 0.5) is 0 Å². The molecule has 0 saturated carbocycles. The Kier molecular flexibility index (Phi) is 4.38. The predicted octanol–water partition coefficient (Wildman–Crippen LogP) is 3.19. The number of hydrogen-bond acceptors (Lipinski definition) is 2. The van der Waals surface area contributed by atoms with Gasteiger partial charge in [0.05, 0.1) is 0 Å². The second-order valence-corrected chi connectivity index (χ2v) is 4.84. The standard InChI is InChI=1S/C16H22N2O/c1-4-17(5-2)10-11-18-12-15(13(3)19)14-8-6-7-9-16(14)18/h6-9,12H,4-5,10-11H2,1-3H3. The Morgan fingerprint density at radius 1 is 1.21 bits per heavy atom. The zero-order valence-corrected chi connectivity index (χ0v) is 12.0. The molecule has 0 fully saturated rings. The van der Waals surface area contributed by atoms with Crippen molar-refractivity contribution in [3.05, 3.63) is 36.0 Å². The molecule has 0 aliphatic heterocycles. The fraction of sp³-hybridized carbons (Fsp3) is 0.438. The van der Waals surface area contributed by atoms with Gasteiger partial charge in [-0.1, -0.05) is 32.0 Å². The van der Waals surface area contributed by atoms with E-state index >= 15 is 0 Å². The number of likely N-dealkylation sites (N-methyl/N-ethyl adjacent to an activating group) is 1. The second-order valence-electron chi connectivity index (χ2n) is 4.84. The lowest BCUT2D eigenvalue weighted by molar-refractivity contribution is 0.101. The molecule has 1 heterocycles. The number of rotatable bonds is 6. The molecule has 0 atom stereocenters. The number of para-hydroxylation sites is 1. The highest BCUT2D eigenvalue weighted by atomic mass is 16.1. The van der Waals surface area contributed by atoms with Crippen molar-refractivity contribution in [3.8, 4) is 0 Å². The molecule has 0 aliphatic carbocycles. The summed E-state index contributed by atoms with van der Waals surface area (Å²) in [5.74, 6) is 0.137. The largest absolute Gasteiger partial charge is 0.345 e. The molecule has 2 rings (SSSR count). The maximum Gasteiger partial charge on any atom is 0.161 e. The maximum absolute atomic E-state index is 11.7. The van der Waals surface area contributed by atoms with E-state index in [1.807, 2.05) is 24.4 Å². The lowest BCUT2D eigenvalue weighted by atomic mass is 10.1. The average molecular weight is 258 g/mol. The van der Waals surface area contributed by atoms with E-state index in [1.54, 1.807) is 6.92 Å². The Morgan fingerprint density at radius 3 is 2.53 bits per heavy atom. The molecule has 0 unspecified atom stereocenters. The lowest BCUT2D eigenvalue weighted by Gasteiger charge is -2.18. The first-order chi connectivity index (χ1) is 9.17. The van der Waals surface area contributed by atoms with Crippen LogP contribution in [0.3, 0.4) is 0 Å². The van der Waals surface area contributed by atoms with Crippen molar-refractivity contribution in [3.63, 3.8) is 0 Å². The van der Waals surface area contributed by atoms with Crippen LogP contribution < -0.4 is 0 Å². The average Bonchev–Trinajstić information content (AvgIpc) is 2.79. The van der Waals surface area contributed by atoms with Gasteiger partial charge in [0, 0.05) is 35.8 Å². The lowest BCUT2D eigenvalue weighted by Crippen LogP contribution is -2.26. The minimum atomic E-state index is 0.137. The van der Waals surface area contributed by atoms with Crippen molar-refractivity contribution < 1.29 is 4.79 Å². The molecular weight excluding hydrogens is 236 g/mol. The molecule has 0 aliphatic rings. The third-order valence-electron chi connectivity index (χ3n) is 3.72. The molecule has 0 N–H and O–H groups in total. The predicted molar refractivity (Wildman–Crippen MR) is 79.7 cm³/mol. The third-order valence-corrected chi connectivity index (χ3v) is 3.72. The number of carbonyl (C=O) groups is 1. The minimum Gasteiger partial charge on any atom is -0.345 e. The Bertz CT molecular complexity index is 567. The number of carbonyl (C=O) groups excluding carboxylic acids is 1. The second kappa shape index (κ2) is 6.02. The van der Waals surface area contributed by atoms with Crippen molar-refractivity contribution in [2.24, 2.45) is 0 Å². The summed E-state index contributed by atoms with van der Waals surface area (Å²) in [5.41, 5.74) is 1.98. The molecule has 1 aromatic carbocycles. The van der Waals surface area contributed by atoms with Gasteiger partial charge in [-0.3, -0.25) is 4.79 Å². The normalized spacial score (nSPS) is 11.4. The number of nitrogens with zero attached hydrogens (tertiary/aromatic N) is 2. The smallest absolute Gasteiger partial charge is 0.161 e. The highest BCUT2D eigenvalue weighted by molar-refractivity contribution is 6.06. The van der Waals surface area contributed by atoms with Crippen molar-refractivity contribution in [1.29, 1.82) is 0 Å². The molecule has 3 nitrogen and oxygen atoms in total. The van der Waals surface area contributed by atoms with Gasteiger partial charge in [0.15, 0.2) is 5.78 Å². The number of Topliss-reactive ketones (excluding diaryl/α,β-unsaturated/α-hetero) is 1. The summed E-state index contributed by atoms with van der Waals surface area (Å²) in [7, 11) is 0. The number of benzene rings is 1. The zero-order chi connectivity index (χ0) is 13.8. The van der Waals surface area contributed by atoms with Crippen LogP contribution in [0.1, 0.15) is 31.1 Å². The molecule has 0 amide bonds. The van der Waals surface area contributed by atoms with Gasteiger partial charge in [0.25, 0.3) is 0 Å². The van der Waals surface area contributed by atoms with Crippen LogP contribution in [0.25, 0.3) is 10.9 Å². The summed E-state index contributed by atoms with van der Waals surface area (Å²) in [6, 6.07) is 8.13. The quantitative estimate of drug-likeness (QED) is 0.743. The van der Waals surface area contributed by atoms with Gasteiger partial charge in [-0.15, -0.1) is 0 Å². The SMILES string of the molecule is CCN(CC)CCn1cc(C(C)=O)c2ccccc21. The van der Waals surface area contributed by atoms with Gasteiger partial charge in [0.1, 0.15) is 0 Å². The van der Waals surface area contributed by atoms with Crippen LogP contribution in [0.5, 0.6) is 0 Å². The number of fused-ring (bicyclic) bond motifs is 1. The third kappa shape index (κ3) is 2.87. The topological polar surface area (TPSA) is 25.2 Å². The van der Waals surface area contributed by atoms with Gasteiger partial charge in [-0.05, 0) is 26.1 Å². The fourth-order valence-corrected chi connectivity index (χ4v) is 2.50. The van der Waals surface area contributed by atoms with Crippen molar-refractivity contribution in [2.75, 3.05) is 19.6 Å². The van der Waals surface area contributed by atoms with E-state index in [0.29, 0.717) is 0 Å². The molecule has 3 heteroatoms. The summed E-state index contributed by atoms with van der Waals surface area (Å²) in [6.45, 7) is 10.1. The Balaban J connectivity index is 2.30. The number of hydrogen-bond donors (Lipinski definition) is 0. The Hall–Kier alpha value is -1.61. The van der Waals surface area contributed by atoms with Crippen molar-refractivity contribution in [2.45, 2.75) is 27.3 Å². The van der Waals surface area contributed by atoms with E-state index in [9.17, 15) is 4.79 Å². The van der Waals surface area contributed by atoms with E-state index in [-0.39, 0.29) is 5.78 Å². The monoisotopic (exact) mass is 258 g/mol. The van der Waals surface area contributed by atoms with Gasteiger partial charge >= 0.3 is 0 Å². The summed E-state index contributed by atoms with van der Waals surface area (Å²) >= 11 is 0. The van der Waals surface area contributed by atoms with E-state index in [1.165, 1.54) is 0 Å². The van der Waals surface area contributed by atoms with Gasteiger partial charge in [0.2, 0.25) is 0 Å². The Morgan fingerprint density at radius 2 is 1.89 bits per heavy atom. The molecule has 0 radical (unpaired) electrons. The van der Waals surface area contributed by atoms with E-state index in [4.69, 9.17) is 0 Å². The summed E-state index contributed by atoms with van der Waals surface area (Å²) in [6.07, 6.45) is 2.00. The van der Waals surface area contributed by atoms with Crippen molar-refractivity contribution >= 4 is 16.7 Å². The maximum atomic E-state index is 11.7. The van der Waals surface area contributed by atoms with E-state index in [2.05, 4.69) is 29.4 Å². The molecule has 0 spiro atoms. The molecule has 2 aromatic rings. The van der Waals surface area contributed by atoms with E-state index < -0.39 is 0 Å². The first-order valence-electron chi connectivity index (χ1n) is 6.98. The minimum absolute atomic E-state index is 0.137.